The van der Waals surface area contributed by atoms with Gasteiger partial charge in [0.2, 0.25) is 10.0 Å². The second-order valence-corrected chi connectivity index (χ2v) is 8.66. The standard InChI is InChI=1S/C20H26N2O4S/c1-14-6-7-17(12-15(14)2)16(3)21-20(23)13-26-19-10-8-18(9-11-19)22(4)27(5,24)25/h6-12,16H,13H2,1-5H3,(H,21,23)/t16-/m0/s1. The molecule has 146 valence electrons. The Morgan fingerprint density at radius 2 is 1.74 bits per heavy atom. The Morgan fingerprint density at radius 1 is 1.11 bits per heavy atom. The Balaban J connectivity index is 1.90. The summed E-state index contributed by atoms with van der Waals surface area (Å²) in [5, 5.41) is 2.91. The van der Waals surface area contributed by atoms with Crippen molar-refractivity contribution in [1.29, 1.82) is 0 Å². The molecule has 2 rings (SSSR count). The summed E-state index contributed by atoms with van der Waals surface area (Å²) in [6.45, 7) is 5.91. The van der Waals surface area contributed by atoms with E-state index in [1.165, 1.54) is 22.5 Å². The number of nitrogens with zero attached hydrogens (tertiary/aromatic N) is 1. The lowest BCUT2D eigenvalue weighted by Gasteiger charge is -2.17. The number of aryl methyl sites for hydroxylation is 2. The highest BCUT2D eigenvalue weighted by Crippen LogP contribution is 2.20. The van der Waals surface area contributed by atoms with Crippen molar-refractivity contribution in [2.24, 2.45) is 0 Å². The first-order valence-corrected chi connectivity index (χ1v) is 10.5. The van der Waals surface area contributed by atoms with E-state index in [1.54, 1.807) is 24.3 Å². The van der Waals surface area contributed by atoms with Crippen molar-refractivity contribution in [2.45, 2.75) is 26.8 Å². The van der Waals surface area contributed by atoms with Crippen LogP contribution < -0.4 is 14.4 Å². The summed E-state index contributed by atoms with van der Waals surface area (Å²) in [5.74, 6) is 0.271. The highest BCUT2D eigenvalue weighted by atomic mass is 32.2. The van der Waals surface area contributed by atoms with Gasteiger partial charge in [0.15, 0.2) is 6.61 Å². The van der Waals surface area contributed by atoms with E-state index in [4.69, 9.17) is 4.74 Å². The average molecular weight is 391 g/mol. The first kappa shape index (κ1) is 20.8. The molecule has 0 aliphatic heterocycles. The molecule has 0 aromatic heterocycles. The van der Waals surface area contributed by atoms with E-state index in [1.807, 2.05) is 26.0 Å². The molecule has 27 heavy (non-hydrogen) atoms. The number of sulfonamides is 1. The molecule has 1 amide bonds. The van der Waals surface area contributed by atoms with Crippen molar-refractivity contribution in [3.63, 3.8) is 0 Å². The number of carbonyl (C=O) groups excluding carboxylic acids is 1. The van der Waals surface area contributed by atoms with Gasteiger partial charge in [-0.05, 0) is 61.7 Å². The second-order valence-electron chi connectivity index (χ2n) is 6.65. The van der Waals surface area contributed by atoms with Crippen LogP contribution in [0.1, 0.15) is 29.7 Å². The molecule has 0 unspecified atom stereocenters. The number of hydrogen-bond donors (Lipinski definition) is 1. The van der Waals surface area contributed by atoms with Crippen LogP contribution in [0.3, 0.4) is 0 Å². The lowest BCUT2D eigenvalue weighted by atomic mass is 10.0. The fraction of sp³-hybridized carbons (Fsp3) is 0.350. The minimum atomic E-state index is -3.31. The predicted octanol–water partition coefficient (Wildman–Crippen LogP) is 2.96. The highest BCUT2D eigenvalue weighted by molar-refractivity contribution is 7.92. The molecule has 1 N–H and O–H groups in total. The van der Waals surface area contributed by atoms with Crippen molar-refractivity contribution in [3.8, 4) is 5.75 Å². The third kappa shape index (κ3) is 5.72. The van der Waals surface area contributed by atoms with Crippen LogP contribution in [0.5, 0.6) is 5.75 Å². The molecule has 7 heteroatoms. The smallest absolute Gasteiger partial charge is 0.258 e. The van der Waals surface area contributed by atoms with Crippen LogP contribution in [0.2, 0.25) is 0 Å². The van der Waals surface area contributed by atoms with Crippen LogP contribution in [0.4, 0.5) is 5.69 Å². The monoisotopic (exact) mass is 390 g/mol. The maximum absolute atomic E-state index is 12.1. The molecule has 0 saturated heterocycles. The zero-order chi connectivity index (χ0) is 20.2. The number of amides is 1. The summed E-state index contributed by atoms with van der Waals surface area (Å²) in [6.07, 6.45) is 1.14. The van der Waals surface area contributed by atoms with Crippen LogP contribution in [0.25, 0.3) is 0 Å². The summed E-state index contributed by atoms with van der Waals surface area (Å²) < 4.78 is 29.7. The Morgan fingerprint density at radius 3 is 2.30 bits per heavy atom. The van der Waals surface area contributed by atoms with E-state index < -0.39 is 10.0 Å². The zero-order valence-electron chi connectivity index (χ0n) is 16.3. The fourth-order valence-electron chi connectivity index (χ4n) is 2.49. The summed E-state index contributed by atoms with van der Waals surface area (Å²) in [5.41, 5.74) is 3.96. The third-order valence-corrected chi connectivity index (χ3v) is 5.68. The summed E-state index contributed by atoms with van der Waals surface area (Å²) in [4.78, 5) is 12.1. The van der Waals surface area contributed by atoms with Gasteiger partial charge in [-0.2, -0.15) is 0 Å². The molecule has 0 spiro atoms. The molecule has 6 nitrogen and oxygen atoms in total. The van der Waals surface area contributed by atoms with Gasteiger partial charge in [0.05, 0.1) is 18.0 Å². The maximum Gasteiger partial charge on any atom is 0.258 e. The number of rotatable bonds is 7. The van der Waals surface area contributed by atoms with Crippen LogP contribution in [-0.4, -0.2) is 34.2 Å². The van der Waals surface area contributed by atoms with E-state index in [2.05, 4.69) is 18.3 Å². The summed E-state index contributed by atoms with van der Waals surface area (Å²) in [6, 6.07) is 12.5. The lowest BCUT2D eigenvalue weighted by molar-refractivity contribution is -0.123. The summed E-state index contributed by atoms with van der Waals surface area (Å²) >= 11 is 0. The zero-order valence-corrected chi connectivity index (χ0v) is 17.1. The third-order valence-electron chi connectivity index (χ3n) is 4.48. The topological polar surface area (TPSA) is 75.7 Å². The van der Waals surface area contributed by atoms with Crippen molar-refractivity contribution < 1.29 is 17.9 Å². The second kappa shape index (κ2) is 8.43. The molecule has 1 atom stereocenters. The van der Waals surface area contributed by atoms with Gasteiger partial charge < -0.3 is 10.1 Å². The normalized spacial score (nSPS) is 12.3. The Labute approximate surface area is 161 Å². The first-order valence-electron chi connectivity index (χ1n) is 8.61. The van der Waals surface area contributed by atoms with Crippen LogP contribution in [0, 0.1) is 13.8 Å². The molecule has 0 saturated carbocycles. The van der Waals surface area contributed by atoms with Gasteiger partial charge in [-0.25, -0.2) is 8.42 Å². The molecule has 0 bridgehead atoms. The molecule has 0 radical (unpaired) electrons. The van der Waals surface area contributed by atoms with Crippen molar-refractivity contribution in [3.05, 3.63) is 59.2 Å². The molecule has 0 fully saturated rings. The number of nitrogens with one attached hydrogen (secondary N) is 1. The van der Waals surface area contributed by atoms with Gasteiger partial charge in [0.25, 0.3) is 5.91 Å². The van der Waals surface area contributed by atoms with E-state index in [0.29, 0.717) is 11.4 Å². The van der Waals surface area contributed by atoms with Gasteiger partial charge >= 0.3 is 0 Å². The quantitative estimate of drug-likeness (QED) is 0.789. The van der Waals surface area contributed by atoms with Crippen molar-refractivity contribution in [2.75, 3.05) is 24.2 Å². The van der Waals surface area contributed by atoms with E-state index in [0.717, 1.165) is 11.8 Å². The number of hydrogen-bond acceptors (Lipinski definition) is 4. The van der Waals surface area contributed by atoms with Crippen molar-refractivity contribution in [1.82, 2.24) is 5.32 Å². The average Bonchev–Trinajstić information content (AvgIpc) is 2.61. The van der Waals surface area contributed by atoms with Gasteiger partial charge in [-0.1, -0.05) is 18.2 Å². The fourth-order valence-corrected chi connectivity index (χ4v) is 3.00. The molecule has 2 aromatic rings. The molecule has 0 aliphatic carbocycles. The van der Waals surface area contributed by atoms with E-state index in [9.17, 15) is 13.2 Å². The van der Waals surface area contributed by atoms with Gasteiger partial charge in [0, 0.05) is 7.05 Å². The maximum atomic E-state index is 12.1. The Bertz CT molecular complexity index is 908. The van der Waals surface area contributed by atoms with Gasteiger partial charge in [-0.15, -0.1) is 0 Å². The van der Waals surface area contributed by atoms with Crippen molar-refractivity contribution >= 4 is 21.6 Å². The minimum absolute atomic E-state index is 0.115. The van der Waals surface area contributed by atoms with Gasteiger partial charge in [0.1, 0.15) is 5.75 Å². The predicted molar refractivity (Wildman–Crippen MR) is 108 cm³/mol. The SMILES string of the molecule is Cc1ccc([C@H](C)NC(=O)COc2ccc(N(C)S(C)(=O)=O)cc2)cc1C. The minimum Gasteiger partial charge on any atom is -0.484 e. The largest absolute Gasteiger partial charge is 0.484 e. The molecular weight excluding hydrogens is 364 g/mol. The number of ether oxygens (including phenoxy) is 1. The summed E-state index contributed by atoms with van der Waals surface area (Å²) in [7, 11) is -1.83. The Kier molecular flexibility index (Phi) is 6.49. The molecule has 0 heterocycles. The van der Waals surface area contributed by atoms with Crippen LogP contribution in [-0.2, 0) is 14.8 Å². The first-order chi connectivity index (χ1) is 12.6. The number of anilines is 1. The highest BCUT2D eigenvalue weighted by Gasteiger charge is 2.13. The number of benzene rings is 2. The molecule has 2 aromatic carbocycles. The number of carbonyl (C=O) groups is 1. The molecule has 0 aliphatic rings. The Hall–Kier alpha value is -2.54. The van der Waals surface area contributed by atoms with Crippen LogP contribution in [0.15, 0.2) is 42.5 Å². The molecular formula is C20H26N2O4S. The lowest BCUT2D eigenvalue weighted by Crippen LogP contribution is -2.31. The van der Waals surface area contributed by atoms with E-state index >= 15 is 0 Å². The van der Waals surface area contributed by atoms with Crippen LogP contribution >= 0.6 is 0 Å². The van der Waals surface area contributed by atoms with Gasteiger partial charge in [-0.3, -0.25) is 9.10 Å². The van der Waals surface area contributed by atoms with E-state index in [-0.39, 0.29) is 18.6 Å².